The van der Waals surface area contributed by atoms with Gasteiger partial charge < -0.3 is 19.5 Å². The van der Waals surface area contributed by atoms with Gasteiger partial charge in [0, 0.05) is 24.8 Å². The van der Waals surface area contributed by atoms with Crippen molar-refractivity contribution in [2.75, 3.05) is 56.7 Å². The Kier molecular flexibility index (Phi) is 9.54. The highest BCUT2D eigenvalue weighted by Gasteiger charge is 2.34. The number of carbonyl (C=O) groups excluding carboxylic acids is 1. The van der Waals surface area contributed by atoms with Gasteiger partial charge in [-0.05, 0) is 54.6 Å². The zero-order valence-corrected chi connectivity index (χ0v) is 24.6. The molecule has 3 aromatic rings. The summed E-state index contributed by atoms with van der Waals surface area (Å²) in [4.78, 5) is 12.7. The summed E-state index contributed by atoms with van der Waals surface area (Å²) in [5.41, 5.74) is -1.39. The average molecular weight is 644 g/mol. The molecule has 1 N–H and O–H groups in total. The summed E-state index contributed by atoms with van der Waals surface area (Å²) in [6.07, 6.45) is -4.78. The van der Waals surface area contributed by atoms with Crippen molar-refractivity contribution >= 4 is 37.3 Å². The highest BCUT2D eigenvalue weighted by molar-refractivity contribution is 7.92. The lowest BCUT2D eigenvalue weighted by Gasteiger charge is -2.26. The van der Waals surface area contributed by atoms with Gasteiger partial charge in [0.15, 0.2) is 11.5 Å². The highest BCUT2D eigenvalue weighted by atomic mass is 32.2. The smallest absolute Gasteiger partial charge is 0.416 e. The molecule has 1 saturated heterocycles. The molecule has 16 heteroatoms. The van der Waals surface area contributed by atoms with Crippen LogP contribution in [0.4, 0.5) is 24.5 Å². The molecule has 43 heavy (non-hydrogen) atoms. The number of benzene rings is 3. The maximum atomic E-state index is 13.7. The lowest BCUT2D eigenvalue weighted by Crippen LogP contribution is -2.40. The molecular weight excluding hydrogens is 615 g/mol. The van der Waals surface area contributed by atoms with Gasteiger partial charge in [-0.2, -0.15) is 17.5 Å². The molecule has 232 valence electrons. The molecule has 0 radical (unpaired) electrons. The van der Waals surface area contributed by atoms with E-state index >= 15 is 0 Å². The second kappa shape index (κ2) is 12.8. The number of halogens is 3. The van der Waals surface area contributed by atoms with Crippen molar-refractivity contribution < 1.29 is 49.0 Å². The summed E-state index contributed by atoms with van der Waals surface area (Å²) >= 11 is 0. The number of rotatable bonds is 10. The van der Waals surface area contributed by atoms with Crippen molar-refractivity contribution in [3.63, 3.8) is 0 Å². The van der Waals surface area contributed by atoms with Crippen LogP contribution in [-0.4, -0.2) is 74.1 Å². The van der Waals surface area contributed by atoms with E-state index in [0.717, 1.165) is 24.3 Å². The van der Waals surface area contributed by atoms with E-state index in [0.29, 0.717) is 10.4 Å². The number of sulfonamides is 2. The SMILES string of the molecule is COc1ccc(S(=O)(=O)N(CC(=O)Nc2ccc(S(=O)(=O)N3CCOCC3)cc2)c2cccc(C(F)(F)F)c2)cc1OC. The van der Waals surface area contributed by atoms with Gasteiger partial charge >= 0.3 is 6.18 Å². The fraction of sp³-hybridized carbons (Fsp3) is 0.296. The van der Waals surface area contributed by atoms with Crippen LogP contribution < -0.4 is 19.1 Å². The molecule has 0 aromatic heterocycles. The molecule has 4 rings (SSSR count). The van der Waals surface area contributed by atoms with Crippen molar-refractivity contribution in [2.45, 2.75) is 16.0 Å². The lowest BCUT2D eigenvalue weighted by molar-refractivity contribution is -0.137. The van der Waals surface area contributed by atoms with E-state index in [1.807, 2.05) is 0 Å². The summed E-state index contributed by atoms with van der Waals surface area (Å²) in [5.74, 6) is -0.640. The van der Waals surface area contributed by atoms with Crippen LogP contribution in [0.25, 0.3) is 0 Å². The number of anilines is 2. The first kappa shape index (κ1) is 32.1. The monoisotopic (exact) mass is 643 g/mol. The Bertz CT molecular complexity index is 1680. The predicted octanol–water partition coefficient (Wildman–Crippen LogP) is 3.58. The number of nitrogens with one attached hydrogen (secondary N) is 1. The molecule has 1 aliphatic rings. The fourth-order valence-corrected chi connectivity index (χ4v) is 7.07. The van der Waals surface area contributed by atoms with Gasteiger partial charge in [0.25, 0.3) is 10.0 Å². The van der Waals surface area contributed by atoms with Crippen LogP contribution in [0.1, 0.15) is 5.56 Å². The van der Waals surface area contributed by atoms with Crippen molar-refractivity contribution in [1.82, 2.24) is 4.31 Å². The van der Waals surface area contributed by atoms with Crippen LogP contribution in [0.2, 0.25) is 0 Å². The van der Waals surface area contributed by atoms with Crippen molar-refractivity contribution in [3.8, 4) is 11.5 Å². The van der Waals surface area contributed by atoms with E-state index in [1.165, 1.54) is 54.9 Å². The molecule has 0 atom stereocenters. The van der Waals surface area contributed by atoms with Crippen LogP contribution >= 0.6 is 0 Å². The second-order valence-electron chi connectivity index (χ2n) is 9.17. The number of morpholine rings is 1. The third kappa shape index (κ3) is 7.21. The third-order valence-electron chi connectivity index (χ3n) is 6.44. The summed E-state index contributed by atoms with van der Waals surface area (Å²) in [6, 6.07) is 12.4. The van der Waals surface area contributed by atoms with E-state index in [4.69, 9.17) is 14.2 Å². The molecule has 1 aliphatic heterocycles. The second-order valence-corrected chi connectivity index (χ2v) is 13.0. The zero-order chi connectivity index (χ0) is 31.4. The van der Waals surface area contributed by atoms with Gasteiger partial charge in [0.1, 0.15) is 6.54 Å². The molecule has 0 aliphatic carbocycles. The summed E-state index contributed by atoms with van der Waals surface area (Å²) in [7, 11) is -5.80. The molecule has 1 amide bonds. The maximum absolute atomic E-state index is 13.7. The van der Waals surface area contributed by atoms with Gasteiger partial charge in [-0.15, -0.1) is 0 Å². The van der Waals surface area contributed by atoms with Gasteiger partial charge in [0.05, 0.1) is 48.5 Å². The zero-order valence-electron chi connectivity index (χ0n) is 23.0. The van der Waals surface area contributed by atoms with E-state index < -0.39 is 49.9 Å². The quantitative estimate of drug-likeness (QED) is 0.355. The van der Waals surface area contributed by atoms with Crippen molar-refractivity contribution in [1.29, 1.82) is 0 Å². The topological polar surface area (TPSA) is 132 Å². The van der Waals surface area contributed by atoms with Crippen LogP contribution in [0.15, 0.2) is 76.5 Å². The van der Waals surface area contributed by atoms with Crippen LogP contribution in [-0.2, 0) is 35.8 Å². The van der Waals surface area contributed by atoms with Gasteiger partial charge in [-0.1, -0.05) is 6.07 Å². The number of alkyl halides is 3. The molecule has 1 fully saturated rings. The Balaban J connectivity index is 1.63. The molecule has 3 aromatic carbocycles. The molecule has 0 unspecified atom stereocenters. The van der Waals surface area contributed by atoms with Crippen LogP contribution in [0, 0.1) is 0 Å². The average Bonchev–Trinajstić information content (AvgIpc) is 2.99. The highest BCUT2D eigenvalue weighted by Crippen LogP contribution is 2.35. The minimum Gasteiger partial charge on any atom is -0.493 e. The number of ether oxygens (including phenoxy) is 3. The number of methoxy groups -OCH3 is 2. The van der Waals surface area contributed by atoms with Crippen LogP contribution in [0.3, 0.4) is 0 Å². The molecular formula is C27H28F3N3O8S2. The maximum Gasteiger partial charge on any atom is 0.416 e. The van der Waals surface area contributed by atoms with Crippen LogP contribution in [0.5, 0.6) is 11.5 Å². The normalized spacial score (nSPS) is 14.6. The predicted molar refractivity (Wildman–Crippen MR) is 150 cm³/mol. The minimum absolute atomic E-state index is 0.0194. The number of nitrogens with zero attached hydrogens (tertiary/aromatic N) is 2. The summed E-state index contributed by atoms with van der Waals surface area (Å²) in [5, 5.41) is 2.47. The van der Waals surface area contributed by atoms with Gasteiger partial charge in [-0.25, -0.2) is 16.8 Å². The third-order valence-corrected chi connectivity index (χ3v) is 10.1. The molecule has 0 spiro atoms. The first-order valence-electron chi connectivity index (χ1n) is 12.7. The fourth-order valence-electron chi connectivity index (χ4n) is 4.23. The Hall–Kier alpha value is -3.86. The molecule has 0 bridgehead atoms. The number of hydrogen-bond acceptors (Lipinski definition) is 8. The lowest BCUT2D eigenvalue weighted by atomic mass is 10.2. The van der Waals surface area contributed by atoms with E-state index in [2.05, 4.69) is 5.32 Å². The number of carbonyl (C=O) groups is 1. The van der Waals surface area contributed by atoms with Crippen molar-refractivity contribution in [2.24, 2.45) is 0 Å². The number of amides is 1. The first-order valence-corrected chi connectivity index (χ1v) is 15.5. The van der Waals surface area contributed by atoms with Crippen molar-refractivity contribution in [3.05, 3.63) is 72.3 Å². The van der Waals surface area contributed by atoms with Gasteiger partial charge in [0.2, 0.25) is 15.9 Å². The minimum atomic E-state index is -4.78. The Morgan fingerprint density at radius 2 is 1.53 bits per heavy atom. The molecule has 0 saturated carbocycles. The standard InChI is InChI=1S/C27H28F3N3O8S2/c1-39-24-11-10-23(17-25(24)40-2)43(37,38)33(21-5-3-4-19(16-21)27(28,29)30)18-26(34)31-20-6-8-22(9-7-20)42(35,36)32-12-14-41-15-13-32/h3-11,16-17H,12-15,18H2,1-2H3,(H,31,34). The largest absolute Gasteiger partial charge is 0.493 e. The van der Waals surface area contributed by atoms with E-state index in [1.54, 1.807) is 0 Å². The number of hydrogen-bond donors (Lipinski definition) is 1. The molecule has 11 nitrogen and oxygen atoms in total. The molecule has 1 heterocycles. The van der Waals surface area contributed by atoms with Gasteiger partial charge in [-0.3, -0.25) is 9.10 Å². The Labute approximate surface area is 246 Å². The first-order chi connectivity index (χ1) is 20.3. The summed E-state index contributed by atoms with van der Waals surface area (Å²) in [6.45, 7) is 0.0111. The Morgan fingerprint density at radius 3 is 2.14 bits per heavy atom. The Morgan fingerprint density at radius 1 is 0.907 bits per heavy atom. The van der Waals surface area contributed by atoms with E-state index in [-0.39, 0.29) is 53.3 Å². The van der Waals surface area contributed by atoms with E-state index in [9.17, 15) is 34.8 Å². The summed E-state index contributed by atoms with van der Waals surface area (Å²) < 4.78 is 111.